The van der Waals surface area contributed by atoms with E-state index in [0.717, 1.165) is 24.9 Å². The van der Waals surface area contributed by atoms with Crippen LogP contribution in [-0.4, -0.2) is 48.1 Å². The van der Waals surface area contributed by atoms with Gasteiger partial charge in [-0.3, -0.25) is 9.78 Å². The molecule has 154 valence electrons. The molecule has 8 heteroatoms. The van der Waals surface area contributed by atoms with E-state index in [2.05, 4.69) is 4.98 Å². The number of carbonyl (C=O) groups is 1. The molecule has 2 saturated heterocycles. The van der Waals surface area contributed by atoms with Crippen LogP contribution in [0.25, 0.3) is 0 Å². The summed E-state index contributed by atoms with van der Waals surface area (Å²) in [6.07, 6.45) is 5.93. The molecule has 2 aromatic rings. The topological polar surface area (TPSA) is 70.6 Å². The van der Waals surface area contributed by atoms with Crippen LogP contribution in [0.15, 0.2) is 53.7 Å². The summed E-state index contributed by atoms with van der Waals surface area (Å²) < 4.78 is 27.0. The van der Waals surface area contributed by atoms with Crippen LogP contribution < -0.4 is 0 Å². The molecule has 1 atom stereocenters. The molecule has 0 aliphatic carbocycles. The summed E-state index contributed by atoms with van der Waals surface area (Å²) in [6, 6.07) is 11.0. The predicted octanol–water partition coefficient (Wildman–Crippen LogP) is 3.50. The molecule has 1 unspecified atom stereocenters. The summed E-state index contributed by atoms with van der Waals surface area (Å²) in [6.45, 7) is 1.46. The average Bonchev–Trinajstić information content (AvgIpc) is 3.24. The van der Waals surface area contributed by atoms with Gasteiger partial charge < -0.3 is 4.90 Å². The van der Waals surface area contributed by atoms with Crippen LogP contribution in [0.3, 0.4) is 0 Å². The fourth-order valence-electron chi connectivity index (χ4n) is 4.29. The molecule has 3 heterocycles. The molecule has 0 bridgehead atoms. The number of carbonyl (C=O) groups excluding carboxylic acids is 1. The Morgan fingerprint density at radius 2 is 1.76 bits per heavy atom. The second-order valence-corrected chi connectivity index (χ2v) is 9.98. The number of halogens is 1. The van der Waals surface area contributed by atoms with Crippen molar-refractivity contribution in [3.63, 3.8) is 0 Å². The molecule has 2 aliphatic rings. The van der Waals surface area contributed by atoms with E-state index in [1.807, 2.05) is 29.2 Å². The van der Waals surface area contributed by atoms with Crippen LogP contribution in [0.2, 0.25) is 5.02 Å². The van der Waals surface area contributed by atoms with Gasteiger partial charge in [0.1, 0.15) is 4.90 Å². The molecule has 6 nitrogen and oxygen atoms in total. The minimum atomic E-state index is -3.55. The summed E-state index contributed by atoms with van der Waals surface area (Å²) in [4.78, 5) is 19.3. The Labute approximate surface area is 176 Å². The highest BCUT2D eigenvalue weighted by Gasteiger charge is 2.37. The number of nitrogens with zero attached hydrogens (tertiary/aromatic N) is 3. The third-order valence-electron chi connectivity index (χ3n) is 5.87. The third kappa shape index (κ3) is 4.17. The summed E-state index contributed by atoms with van der Waals surface area (Å²) in [5.41, 5.74) is 1.11. The molecule has 4 rings (SSSR count). The number of pyridine rings is 1. The Morgan fingerprint density at radius 1 is 1.03 bits per heavy atom. The quantitative estimate of drug-likeness (QED) is 0.739. The maximum Gasteiger partial charge on any atom is 0.244 e. The first-order valence-electron chi connectivity index (χ1n) is 9.93. The average molecular weight is 434 g/mol. The lowest BCUT2D eigenvalue weighted by Crippen LogP contribution is -2.44. The van der Waals surface area contributed by atoms with Gasteiger partial charge in [-0.1, -0.05) is 23.7 Å². The van der Waals surface area contributed by atoms with E-state index in [0.29, 0.717) is 31.0 Å². The lowest BCUT2D eigenvalue weighted by molar-refractivity contribution is -0.137. The van der Waals surface area contributed by atoms with Crippen LogP contribution >= 0.6 is 11.6 Å². The third-order valence-corrected chi connectivity index (χ3v) is 8.00. The number of piperidine rings is 1. The van der Waals surface area contributed by atoms with Gasteiger partial charge in [0, 0.05) is 43.0 Å². The number of hydrogen-bond acceptors (Lipinski definition) is 4. The van der Waals surface area contributed by atoms with Crippen molar-refractivity contribution in [1.82, 2.24) is 14.2 Å². The number of likely N-dealkylation sites (tertiary alicyclic amines) is 1. The summed E-state index contributed by atoms with van der Waals surface area (Å²) in [5.74, 6) is 0.00382. The van der Waals surface area contributed by atoms with E-state index < -0.39 is 10.0 Å². The Kier molecular flexibility index (Phi) is 5.90. The van der Waals surface area contributed by atoms with Gasteiger partial charge in [-0.05, 0) is 55.5 Å². The lowest BCUT2D eigenvalue weighted by Gasteiger charge is -2.34. The van der Waals surface area contributed by atoms with E-state index in [9.17, 15) is 13.2 Å². The molecule has 1 aromatic carbocycles. The van der Waals surface area contributed by atoms with Crippen LogP contribution in [0, 0.1) is 5.92 Å². The summed E-state index contributed by atoms with van der Waals surface area (Å²) in [5, 5.41) is 0.687. The van der Waals surface area contributed by atoms with Gasteiger partial charge in [0.25, 0.3) is 0 Å². The van der Waals surface area contributed by atoms with Gasteiger partial charge in [-0.25, -0.2) is 8.42 Å². The number of amides is 1. The zero-order valence-electron chi connectivity index (χ0n) is 16.1. The van der Waals surface area contributed by atoms with Gasteiger partial charge in [0.15, 0.2) is 0 Å². The molecular weight excluding hydrogens is 410 g/mol. The van der Waals surface area contributed by atoms with Crippen molar-refractivity contribution >= 4 is 27.5 Å². The van der Waals surface area contributed by atoms with Crippen molar-refractivity contribution in [3.8, 4) is 0 Å². The second-order valence-electron chi connectivity index (χ2n) is 7.61. The molecule has 0 radical (unpaired) electrons. The van der Waals surface area contributed by atoms with E-state index in [1.165, 1.54) is 10.5 Å². The number of aromatic nitrogens is 1. The van der Waals surface area contributed by atoms with Crippen molar-refractivity contribution in [1.29, 1.82) is 0 Å². The molecule has 0 saturated carbocycles. The van der Waals surface area contributed by atoms with Crippen LogP contribution in [0.5, 0.6) is 0 Å². The molecule has 1 aromatic heterocycles. The first-order valence-corrected chi connectivity index (χ1v) is 11.7. The Bertz CT molecular complexity index is 958. The zero-order valence-corrected chi connectivity index (χ0v) is 17.6. The fourth-order valence-corrected chi connectivity index (χ4v) is 5.85. The van der Waals surface area contributed by atoms with Crippen molar-refractivity contribution in [2.75, 3.05) is 19.6 Å². The van der Waals surface area contributed by atoms with Gasteiger partial charge in [-0.15, -0.1) is 0 Å². The van der Waals surface area contributed by atoms with Gasteiger partial charge in [-0.2, -0.15) is 4.31 Å². The van der Waals surface area contributed by atoms with Gasteiger partial charge in [0.05, 0.1) is 6.04 Å². The predicted molar refractivity (Wildman–Crippen MR) is 111 cm³/mol. The summed E-state index contributed by atoms with van der Waals surface area (Å²) >= 11 is 6.00. The van der Waals surface area contributed by atoms with Crippen LogP contribution in [0.4, 0.5) is 0 Å². The zero-order chi connectivity index (χ0) is 20.4. The highest BCUT2D eigenvalue weighted by atomic mass is 35.5. The standard InChI is InChI=1S/C21H24ClN3O3S/c22-18-7-5-16(6-8-18)20-4-2-12-25(20)21(26)17-9-13-24(14-10-17)29(27,28)19-3-1-11-23-15-19/h1,3,5-8,11,15,17,20H,2,4,9-10,12-14H2. The minimum Gasteiger partial charge on any atom is -0.335 e. The monoisotopic (exact) mass is 433 g/mol. The van der Waals surface area contributed by atoms with Crippen LogP contribution in [0.1, 0.15) is 37.3 Å². The molecule has 1 amide bonds. The first kappa shape index (κ1) is 20.3. The molecule has 29 heavy (non-hydrogen) atoms. The van der Waals surface area contributed by atoms with Crippen molar-refractivity contribution in [2.24, 2.45) is 5.92 Å². The van der Waals surface area contributed by atoms with Crippen molar-refractivity contribution in [2.45, 2.75) is 36.6 Å². The van der Waals surface area contributed by atoms with Crippen LogP contribution in [-0.2, 0) is 14.8 Å². The smallest absolute Gasteiger partial charge is 0.244 e. The van der Waals surface area contributed by atoms with Gasteiger partial charge >= 0.3 is 0 Å². The molecule has 0 spiro atoms. The highest BCUT2D eigenvalue weighted by Crippen LogP contribution is 2.35. The summed E-state index contributed by atoms with van der Waals surface area (Å²) in [7, 11) is -3.55. The molecular formula is C21H24ClN3O3S. The normalized spacial score (nSPS) is 21.4. The Hall–Kier alpha value is -1.96. The SMILES string of the molecule is O=C(C1CCN(S(=O)(=O)c2cccnc2)CC1)N1CCCC1c1ccc(Cl)cc1. The first-order chi connectivity index (χ1) is 14.0. The van der Waals surface area contributed by atoms with Crippen molar-refractivity contribution in [3.05, 3.63) is 59.4 Å². The van der Waals surface area contributed by atoms with Gasteiger partial charge in [0.2, 0.25) is 15.9 Å². The van der Waals surface area contributed by atoms with E-state index in [-0.39, 0.29) is 22.8 Å². The Morgan fingerprint density at radius 3 is 2.41 bits per heavy atom. The number of rotatable bonds is 4. The number of hydrogen-bond donors (Lipinski definition) is 0. The number of benzene rings is 1. The lowest BCUT2D eigenvalue weighted by atomic mass is 9.95. The highest BCUT2D eigenvalue weighted by molar-refractivity contribution is 7.89. The fraction of sp³-hybridized carbons (Fsp3) is 0.429. The minimum absolute atomic E-state index is 0.0805. The van der Waals surface area contributed by atoms with E-state index >= 15 is 0 Å². The maximum absolute atomic E-state index is 13.2. The molecule has 2 fully saturated rings. The Balaban J connectivity index is 1.42. The van der Waals surface area contributed by atoms with Crippen molar-refractivity contribution < 1.29 is 13.2 Å². The second kappa shape index (κ2) is 8.42. The van der Waals surface area contributed by atoms with E-state index in [4.69, 9.17) is 11.6 Å². The maximum atomic E-state index is 13.2. The number of sulfonamides is 1. The van der Waals surface area contributed by atoms with E-state index in [1.54, 1.807) is 18.3 Å². The molecule has 0 N–H and O–H groups in total. The molecule has 2 aliphatic heterocycles. The largest absolute Gasteiger partial charge is 0.335 e.